The predicted molar refractivity (Wildman–Crippen MR) is 90.3 cm³/mol. The number of benzene rings is 1. The standard InChI is InChI=1S/C18H26N2O3/c1-18(2)8-4-6-13(11-18)12-5-3-7-14(9-12)20-16(21)10-15(19)17(22)23/h3,5,7,9,13,15H,4,6,8,10-11,19H2,1-2H3,(H,20,21)(H,22,23)/t13?,15-/m0/s1. The Morgan fingerprint density at radius 2 is 2.17 bits per heavy atom. The monoisotopic (exact) mass is 318 g/mol. The summed E-state index contributed by atoms with van der Waals surface area (Å²) >= 11 is 0. The van der Waals surface area contributed by atoms with Crippen molar-refractivity contribution in [3.63, 3.8) is 0 Å². The van der Waals surface area contributed by atoms with Gasteiger partial charge in [0.05, 0.1) is 6.42 Å². The van der Waals surface area contributed by atoms with Crippen molar-refractivity contribution in [1.82, 2.24) is 0 Å². The van der Waals surface area contributed by atoms with Crippen LogP contribution >= 0.6 is 0 Å². The van der Waals surface area contributed by atoms with Gasteiger partial charge in [0.15, 0.2) is 0 Å². The third-order valence-electron chi connectivity index (χ3n) is 4.57. The molecule has 1 aliphatic rings. The van der Waals surface area contributed by atoms with E-state index in [2.05, 4.69) is 25.2 Å². The quantitative estimate of drug-likeness (QED) is 0.777. The first kappa shape index (κ1) is 17.5. The minimum absolute atomic E-state index is 0.226. The lowest BCUT2D eigenvalue weighted by Gasteiger charge is -2.35. The summed E-state index contributed by atoms with van der Waals surface area (Å²) in [5.74, 6) is -1.03. The zero-order valence-corrected chi connectivity index (χ0v) is 13.8. The first-order valence-electron chi connectivity index (χ1n) is 8.15. The summed E-state index contributed by atoms with van der Waals surface area (Å²) in [6.45, 7) is 4.61. The van der Waals surface area contributed by atoms with Crippen LogP contribution in [0.25, 0.3) is 0 Å². The number of carbonyl (C=O) groups excluding carboxylic acids is 1. The fourth-order valence-electron chi connectivity index (χ4n) is 3.35. The molecule has 5 nitrogen and oxygen atoms in total. The zero-order chi connectivity index (χ0) is 17.0. The number of nitrogens with one attached hydrogen (secondary N) is 1. The van der Waals surface area contributed by atoms with Gasteiger partial charge in [0.1, 0.15) is 6.04 Å². The molecule has 4 N–H and O–H groups in total. The fraction of sp³-hybridized carbons (Fsp3) is 0.556. The molecule has 1 fully saturated rings. The Morgan fingerprint density at radius 3 is 2.83 bits per heavy atom. The maximum Gasteiger partial charge on any atom is 0.321 e. The van der Waals surface area contributed by atoms with E-state index in [1.165, 1.54) is 24.8 Å². The van der Waals surface area contributed by atoms with Crippen LogP contribution in [0.4, 0.5) is 5.69 Å². The highest BCUT2D eigenvalue weighted by Crippen LogP contribution is 2.43. The molecule has 0 aromatic heterocycles. The van der Waals surface area contributed by atoms with Crippen LogP contribution in [0.2, 0.25) is 0 Å². The smallest absolute Gasteiger partial charge is 0.321 e. The van der Waals surface area contributed by atoms with E-state index in [-0.39, 0.29) is 12.3 Å². The van der Waals surface area contributed by atoms with Crippen LogP contribution in [0.1, 0.15) is 57.4 Å². The van der Waals surface area contributed by atoms with Gasteiger partial charge in [-0.2, -0.15) is 0 Å². The number of carbonyl (C=O) groups is 2. The molecule has 1 saturated carbocycles. The molecule has 0 aliphatic heterocycles. The van der Waals surface area contributed by atoms with E-state index in [1.807, 2.05) is 18.2 Å². The van der Waals surface area contributed by atoms with Gasteiger partial charge in [-0.1, -0.05) is 32.4 Å². The Hall–Kier alpha value is -1.88. The fourth-order valence-corrected chi connectivity index (χ4v) is 3.35. The van der Waals surface area contributed by atoms with Crippen molar-refractivity contribution < 1.29 is 14.7 Å². The summed E-state index contributed by atoms with van der Waals surface area (Å²) in [5.41, 5.74) is 7.68. The van der Waals surface area contributed by atoms with Crippen LogP contribution in [-0.4, -0.2) is 23.0 Å². The number of carboxylic acid groups (broad SMARTS) is 1. The number of anilines is 1. The van der Waals surface area contributed by atoms with Crippen LogP contribution in [0, 0.1) is 5.41 Å². The van der Waals surface area contributed by atoms with E-state index in [0.29, 0.717) is 17.0 Å². The van der Waals surface area contributed by atoms with Gasteiger partial charge in [0.25, 0.3) is 0 Å². The van der Waals surface area contributed by atoms with Gasteiger partial charge >= 0.3 is 5.97 Å². The minimum Gasteiger partial charge on any atom is -0.480 e. The maximum atomic E-state index is 11.9. The van der Waals surface area contributed by atoms with Gasteiger partial charge < -0.3 is 16.2 Å². The van der Waals surface area contributed by atoms with Crippen molar-refractivity contribution in [2.24, 2.45) is 11.1 Å². The maximum absolute atomic E-state index is 11.9. The number of nitrogens with two attached hydrogens (primary N) is 1. The molecule has 2 rings (SSSR count). The molecular formula is C18H26N2O3. The average Bonchev–Trinajstić information content (AvgIpc) is 2.46. The van der Waals surface area contributed by atoms with Crippen molar-refractivity contribution in [3.05, 3.63) is 29.8 Å². The Balaban J connectivity index is 2.02. The van der Waals surface area contributed by atoms with E-state index < -0.39 is 12.0 Å². The van der Waals surface area contributed by atoms with E-state index in [4.69, 9.17) is 10.8 Å². The van der Waals surface area contributed by atoms with Gasteiger partial charge in [0.2, 0.25) is 5.91 Å². The molecular weight excluding hydrogens is 292 g/mol. The number of hydrogen-bond donors (Lipinski definition) is 3. The molecule has 0 spiro atoms. The summed E-state index contributed by atoms with van der Waals surface area (Å²) in [6, 6.07) is 6.68. The van der Waals surface area contributed by atoms with Gasteiger partial charge in [0, 0.05) is 5.69 Å². The summed E-state index contributed by atoms with van der Waals surface area (Å²) in [5, 5.41) is 11.5. The molecule has 0 radical (unpaired) electrons. The molecule has 1 unspecified atom stereocenters. The molecule has 2 atom stereocenters. The van der Waals surface area contributed by atoms with Crippen LogP contribution in [-0.2, 0) is 9.59 Å². The SMILES string of the molecule is CC1(C)CCCC(c2cccc(NC(=O)C[C@H](N)C(=O)O)c2)C1. The summed E-state index contributed by atoms with van der Waals surface area (Å²) in [6.07, 6.45) is 4.57. The zero-order valence-electron chi connectivity index (χ0n) is 13.8. The van der Waals surface area contributed by atoms with Crippen molar-refractivity contribution in [1.29, 1.82) is 0 Å². The van der Waals surface area contributed by atoms with Crippen molar-refractivity contribution >= 4 is 17.6 Å². The molecule has 23 heavy (non-hydrogen) atoms. The lowest BCUT2D eigenvalue weighted by Crippen LogP contribution is -2.34. The van der Waals surface area contributed by atoms with E-state index in [9.17, 15) is 9.59 Å². The van der Waals surface area contributed by atoms with E-state index >= 15 is 0 Å². The molecule has 1 aromatic carbocycles. The molecule has 0 saturated heterocycles. The Morgan fingerprint density at radius 1 is 1.43 bits per heavy atom. The van der Waals surface area contributed by atoms with E-state index in [1.54, 1.807) is 0 Å². The molecule has 5 heteroatoms. The van der Waals surface area contributed by atoms with Gasteiger partial charge in [-0.05, 0) is 48.3 Å². The van der Waals surface area contributed by atoms with Gasteiger partial charge in [-0.3, -0.25) is 9.59 Å². The predicted octanol–water partition coefficient (Wildman–Crippen LogP) is 3.11. The summed E-state index contributed by atoms with van der Waals surface area (Å²) in [7, 11) is 0. The highest BCUT2D eigenvalue weighted by atomic mass is 16.4. The molecule has 1 aromatic rings. The summed E-state index contributed by atoms with van der Waals surface area (Å²) < 4.78 is 0. The lowest BCUT2D eigenvalue weighted by atomic mass is 9.70. The third-order valence-corrected chi connectivity index (χ3v) is 4.57. The Labute approximate surface area is 137 Å². The third kappa shape index (κ3) is 5.06. The second-order valence-corrected chi connectivity index (χ2v) is 7.28. The lowest BCUT2D eigenvalue weighted by molar-refractivity contribution is -0.140. The van der Waals surface area contributed by atoms with Crippen molar-refractivity contribution in [3.8, 4) is 0 Å². The number of aliphatic carboxylic acids is 1. The van der Waals surface area contributed by atoms with Crippen molar-refractivity contribution in [2.75, 3.05) is 5.32 Å². The molecule has 0 bridgehead atoms. The van der Waals surface area contributed by atoms with Crippen molar-refractivity contribution in [2.45, 2.75) is 57.9 Å². The summed E-state index contributed by atoms with van der Waals surface area (Å²) in [4.78, 5) is 22.6. The van der Waals surface area contributed by atoms with Crippen LogP contribution in [0.5, 0.6) is 0 Å². The van der Waals surface area contributed by atoms with Gasteiger partial charge in [-0.15, -0.1) is 0 Å². The topological polar surface area (TPSA) is 92.4 Å². The highest BCUT2D eigenvalue weighted by Gasteiger charge is 2.28. The largest absolute Gasteiger partial charge is 0.480 e. The Bertz CT molecular complexity index is 583. The highest BCUT2D eigenvalue weighted by molar-refractivity contribution is 5.94. The number of rotatable bonds is 5. The molecule has 1 aliphatic carbocycles. The first-order valence-corrected chi connectivity index (χ1v) is 8.15. The Kier molecular flexibility index (Phi) is 5.42. The van der Waals surface area contributed by atoms with Crippen LogP contribution in [0.15, 0.2) is 24.3 Å². The molecule has 0 heterocycles. The van der Waals surface area contributed by atoms with E-state index in [0.717, 1.165) is 6.42 Å². The minimum atomic E-state index is -1.17. The van der Waals surface area contributed by atoms with Crippen LogP contribution in [0.3, 0.4) is 0 Å². The average molecular weight is 318 g/mol. The molecule has 1 amide bonds. The second kappa shape index (κ2) is 7.13. The number of amides is 1. The second-order valence-electron chi connectivity index (χ2n) is 7.28. The normalized spacial score (nSPS) is 21.4. The first-order chi connectivity index (χ1) is 10.8. The van der Waals surface area contributed by atoms with Crippen LogP contribution < -0.4 is 11.1 Å². The molecule has 126 valence electrons. The number of hydrogen-bond acceptors (Lipinski definition) is 3. The number of carboxylic acids is 1. The van der Waals surface area contributed by atoms with Gasteiger partial charge in [-0.25, -0.2) is 0 Å².